The number of hydrogen-bond donors (Lipinski definition) is 1. The summed E-state index contributed by atoms with van der Waals surface area (Å²) in [5.74, 6) is 1.13. The third-order valence-electron chi connectivity index (χ3n) is 3.13. The van der Waals surface area contributed by atoms with Crippen molar-refractivity contribution in [2.45, 2.75) is 18.6 Å². The maximum absolute atomic E-state index is 12.3. The lowest BCUT2D eigenvalue weighted by atomic mass is 10.2. The van der Waals surface area contributed by atoms with E-state index in [0.717, 1.165) is 25.3 Å². The van der Waals surface area contributed by atoms with Crippen molar-refractivity contribution in [2.24, 2.45) is 7.05 Å². The van der Waals surface area contributed by atoms with E-state index in [2.05, 4.69) is 6.92 Å². The number of aromatic nitrogens is 1. The highest BCUT2D eigenvalue weighted by atomic mass is 32.2. The van der Waals surface area contributed by atoms with Crippen LogP contribution in [0.4, 0.5) is 5.69 Å². The first kappa shape index (κ1) is 12.4. The zero-order valence-electron chi connectivity index (χ0n) is 10.3. The first-order valence-corrected chi connectivity index (χ1v) is 6.99. The molecule has 2 heterocycles. The summed E-state index contributed by atoms with van der Waals surface area (Å²) < 4.78 is 1.81. The van der Waals surface area contributed by atoms with Gasteiger partial charge in [0.1, 0.15) is 5.69 Å². The van der Waals surface area contributed by atoms with Crippen LogP contribution in [0.25, 0.3) is 0 Å². The van der Waals surface area contributed by atoms with Gasteiger partial charge in [-0.05, 0) is 12.5 Å². The Labute approximate surface area is 106 Å². The second-order valence-electron chi connectivity index (χ2n) is 4.42. The summed E-state index contributed by atoms with van der Waals surface area (Å²) in [5, 5.41) is 0.574. The minimum atomic E-state index is 0.1000. The van der Waals surface area contributed by atoms with E-state index in [0.29, 0.717) is 16.6 Å². The Morgan fingerprint density at radius 3 is 3.00 bits per heavy atom. The Balaban J connectivity index is 2.12. The molecule has 17 heavy (non-hydrogen) atoms. The first-order chi connectivity index (χ1) is 8.11. The van der Waals surface area contributed by atoms with Crippen LogP contribution in [0.5, 0.6) is 0 Å². The van der Waals surface area contributed by atoms with Gasteiger partial charge in [0.2, 0.25) is 0 Å². The van der Waals surface area contributed by atoms with E-state index in [1.807, 2.05) is 23.7 Å². The van der Waals surface area contributed by atoms with Crippen LogP contribution in [0.2, 0.25) is 0 Å². The predicted molar refractivity (Wildman–Crippen MR) is 72.3 cm³/mol. The van der Waals surface area contributed by atoms with E-state index in [1.54, 1.807) is 16.8 Å². The minimum Gasteiger partial charge on any atom is -0.397 e. The van der Waals surface area contributed by atoms with Gasteiger partial charge in [-0.25, -0.2) is 0 Å². The number of anilines is 1. The Morgan fingerprint density at radius 2 is 2.41 bits per heavy atom. The van der Waals surface area contributed by atoms with Gasteiger partial charge in [0.25, 0.3) is 5.91 Å². The fourth-order valence-electron chi connectivity index (χ4n) is 2.12. The van der Waals surface area contributed by atoms with E-state index in [4.69, 9.17) is 5.73 Å². The fourth-order valence-corrected chi connectivity index (χ4v) is 3.30. The molecule has 1 aliphatic rings. The number of aryl methyl sites for hydroxylation is 1. The Kier molecular flexibility index (Phi) is 3.66. The van der Waals surface area contributed by atoms with E-state index in [1.165, 1.54) is 0 Å². The van der Waals surface area contributed by atoms with Gasteiger partial charge in [-0.15, -0.1) is 0 Å². The number of amides is 1. The summed E-state index contributed by atoms with van der Waals surface area (Å²) in [4.78, 5) is 14.3. The maximum Gasteiger partial charge on any atom is 0.270 e. The van der Waals surface area contributed by atoms with Crippen LogP contribution in [-0.2, 0) is 7.05 Å². The molecule has 1 aromatic heterocycles. The number of nitrogens with zero attached hydrogens (tertiary/aromatic N) is 2. The number of nitrogens with two attached hydrogens (primary N) is 1. The Hall–Kier alpha value is -1.10. The average molecular weight is 253 g/mol. The Morgan fingerprint density at radius 1 is 1.65 bits per heavy atom. The molecule has 0 saturated carbocycles. The molecule has 5 heteroatoms. The molecule has 1 aliphatic heterocycles. The van der Waals surface area contributed by atoms with Crippen molar-refractivity contribution in [2.75, 3.05) is 24.6 Å². The highest BCUT2D eigenvalue weighted by Gasteiger charge is 2.25. The molecule has 94 valence electrons. The van der Waals surface area contributed by atoms with Gasteiger partial charge in [-0.2, -0.15) is 11.8 Å². The summed E-state index contributed by atoms with van der Waals surface area (Å²) in [6.07, 6.45) is 2.90. The average Bonchev–Trinajstić information content (AvgIpc) is 2.67. The number of carbonyl (C=O) groups excluding carboxylic acids is 1. The number of carbonyl (C=O) groups is 1. The van der Waals surface area contributed by atoms with Crippen molar-refractivity contribution in [3.8, 4) is 0 Å². The zero-order chi connectivity index (χ0) is 12.4. The van der Waals surface area contributed by atoms with Gasteiger partial charge in [0.05, 0.1) is 5.69 Å². The lowest BCUT2D eigenvalue weighted by Gasteiger charge is -2.31. The quantitative estimate of drug-likeness (QED) is 0.870. The SMILES string of the molecule is CCC1CN(C(=O)c2cc(N)cn2C)CCS1. The molecule has 4 nitrogen and oxygen atoms in total. The van der Waals surface area contributed by atoms with Crippen molar-refractivity contribution in [1.29, 1.82) is 0 Å². The summed E-state index contributed by atoms with van der Waals surface area (Å²) in [5.41, 5.74) is 7.04. The third kappa shape index (κ3) is 2.60. The van der Waals surface area contributed by atoms with E-state index in [-0.39, 0.29) is 5.91 Å². The van der Waals surface area contributed by atoms with Crippen molar-refractivity contribution in [3.05, 3.63) is 18.0 Å². The molecule has 2 rings (SSSR count). The van der Waals surface area contributed by atoms with E-state index >= 15 is 0 Å². The summed E-state index contributed by atoms with van der Waals surface area (Å²) in [6, 6.07) is 1.75. The maximum atomic E-state index is 12.3. The minimum absolute atomic E-state index is 0.1000. The topological polar surface area (TPSA) is 51.3 Å². The molecule has 0 aliphatic carbocycles. The zero-order valence-corrected chi connectivity index (χ0v) is 11.2. The van der Waals surface area contributed by atoms with E-state index in [9.17, 15) is 4.79 Å². The number of nitrogen functional groups attached to an aromatic ring is 1. The fraction of sp³-hybridized carbons (Fsp3) is 0.583. The molecule has 0 aromatic carbocycles. The highest BCUT2D eigenvalue weighted by molar-refractivity contribution is 8.00. The molecular formula is C12H19N3OS. The van der Waals surface area contributed by atoms with Crippen molar-refractivity contribution in [3.63, 3.8) is 0 Å². The summed E-state index contributed by atoms with van der Waals surface area (Å²) >= 11 is 1.96. The van der Waals surface area contributed by atoms with Crippen molar-refractivity contribution < 1.29 is 4.79 Å². The highest BCUT2D eigenvalue weighted by Crippen LogP contribution is 2.23. The van der Waals surface area contributed by atoms with Gasteiger partial charge in [-0.3, -0.25) is 4.79 Å². The largest absolute Gasteiger partial charge is 0.397 e. The third-order valence-corrected chi connectivity index (χ3v) is 4.50. The molecule has 1 amide bonds. The molecule has 0 bridgehead atoms. The number of thioether (sulfide) groups is 1. The smallest absolute Gasteiger partial charge is 0.270 e. The van der Waals surface area contributed by atoms with Crippen LogP contribution in [0.3, 0.4) is 0 Å². The van der Waals surface area contributed by atoms with Crippen molar-refractivity contribution >= 4 is 23.4 Å². The molecule has 1 aromatic rings. The monoisotopic (exact) mass is 253 g/mol. The van der Waals surface area contributed by atoms with Gasteiger partial charge in [-0.1, -0.05) is 6.92 Å². The normalized spacial score (nSPS) is 20.6. The standard InChI is InChI=1S/C12H19N3OS/c1-3-10-8-15(4-5-17-10)12(16)11-6-9(13)7-14(11)2/h6-7,10H,3-5,8,13H2,1-2H3. The summed E-state index contributed by atoms with van der Waals surface area (Å²) in [7, 11) is 1.86. The van der Waals surface area contributed by atoms with Crippen LogP contribution in [0, 0.1) is 0 Å². The van der Waals surface area contributed by atoms with Crippen molar-refractivity contribution in [1.82, 2.24) is 9.47 Å². The lowest BCUT2D eigenvalue weighted by molar-refractivity contribution is 0.0751. The van der Waals surface area contributed by atoms with E-state index < -0.39 is 0 Å². The van der Waals surface area contributed by atoms with Crippen LogP contribution < -0.4 is 5.73 Å². The lowest BCUT2D eigenvalue weighted by Crippen LogP contribution is -2.42. The molecule has 1 unspecified atom stereocenters. The molecule has 1 fully saturated rings. The molecule has 1 saturated heterocycles. The van der Waals surface area contributed by atoms with Gasteiger partial charge < -0.3 is 15.2 Å². The molecule has 2 N–H and O–H groups in total. The molecule has 0 radical (unpaired) electrons. The number of hydrogen-bond acceptors (Lipinski definition) is 3. The predicted octanol–water partition coefficient (Wildman–Crippen LogP) is 1.57. The number of rotatable bonds is 2. The van der Waals surface area contributed by atoms with Gasteiger partial charge in [0.15, 0.2) is 0 Å². The van der Waals surface area contributed by atoms with Gasteiger partial charge in [0, 0.05) is 37.3 Å². The summed E-state index contributed by atoms with van der Waals surface area (Å²) in [6.45, 7) is 3.86. The Bertz CT molecular complexity index is 416. The molecule has 0 spiro atoms. The second kappa shape index (κ2) is 5.04. The van der Waals surface area contributed by atoms with Crippen LogP contribution >= 0.6 is 11.8 Å². The first-order valence-electron chi connectivity index (χ1n) is 5.94. The molecular weight excluding hydrogens is 234 g/mol. The second-order valence-corrected chi connectivity index (χ2v) is 5.83. The van der Waals surface area contributed by atoms with Crippen LogP contribution in [-0.4, -0.2) is 39.5 Å². The van der Waals surface area contributed by atoms with Crippen LogP contribution in [0.15, 0.2) is 12.3 Å². The van der Waals surface area contributed by atoms with Gasteiger partial charge >= 0.3 is 0 Å². The molecule has 1 atom stereocenters. The van der Waals surface area contributed by atoms with Crippen LogP contribution in [0.1, 0.15) is 23.8 Å².